The van der Waals surface area contributed by atoms with Gasteiger partial charge in [-0.05, 0) is 46.9 Å². The van der Waals surface area contributed by atoms with E-state index in [1.807, 2.05) is 22.6 Å². The minimum absolute atomic E-state index is 0.0870. The lowest BCUT2D eigenvalue weighted by molar-refractivity contribution is 0.0699. The van der Waals surface area contributed by atoms with E-state index in [9.17, 15) is 18.3 Å². The van der Waals surface area contributed by atoms with Crippen LogP contribution in [0, 0.1) is 3.57 Å². The monoisotopic (exact) mass is 427 g/mol. The van der Waals surface area contributed by atoms with Crippen molar-refractivity contribution in [2.75, 3.05) is 0 Å². The molecular formula is C15H10INO4S. The fourth-order valence-corrected chi connectivity index (χ4v) is 4.71. The molecule has 0 saturated heterocycles. The molecule has 0 radical (unpaired) electrons. The highest BCUT2D eigenvalue weighted by Gasteiger charge is 2.23. The number of fused-ring (bicyclic) bond motifs is 1. The number of rotatable bonds is 3. The van der Waals surface area contributed by atoms with Crippen LogP contribution in [0.5, 0.6) is 0 Å². The predicted molar refractivity (Wildman–Crippen MR) is 90.6 cm³/mol. The van der Waals surface area contributed by atoms with Gasteiger partial charge in [-0.15, -0.1) is 0 Å². The highest BCUT2D eigenvalue weighted by atomic mass is 127. The van der Waals surface area contributed by atoms with Crippen LogP contribution in [0.1, 0.15) is 10.4 Å². The van der Waals surface area contributed by atoms with Crippen LogP contribution in [0.15, 0.2) is 59.6 Å². The van der Waals surface area contributed by atoms with E-state index in [1.54, 1.807) is 30.3 Å². The van der Waals surface area contributed by atoms with E-state index in [0.717, 1.165) is 3.97 Å². The standard InChI is InChI=1S/C15H10INO4S/c16-12-9-17(22(20,21)10-5-2-1-3-6-10)13-8-4-7-11(14(12)13)15(18)19/h1-9H,(H,18,19). The van der Waals surface area contributed by atoms with Crippen LogP contribution >= 0.6 is 22.6 Å². The number of aromatic carboxylic acids is 1. The minimum atomic E-state index is -3.77. The summed E-state index contributed by atoms with van der Waals surface area (Å²) in [6.07, 6.45) is 1.44. The molecule has 3 rings (SSSR count). The number of carboxylic acids is 1. The van der Waals surface area contributed by atoms with Crippen molar-refractivity contribution in [2.24, 2.45) is 0 Å². The normalized spacial score (nSPS) is 11.7. The summed E-state index contributed by atoms with van der Waals surface area (Å²) >= 11 is 1.95. The topological polar surface area (TPSA) is 76.4 Å². The number of carboxylic acid groups (broad SMARTS) is 1. The van der Waals surface area contributed by atoms with Crippen LogP contribution in [0.3, 0.4) is 0 Å². The summed E-state index contributed by atoms with van der Waals surface area (Å²) in [7, 11) is -3.77. The third-order valence-corrected chi connectivity index (χ3v) is 5.79. The van der Waals surface area contributed by atoms with Gasteiger partial charge in [-0.2, -0.15) is 0 Å². The highest BCUT2D eigenvalue weighted by molar-refractivity contribution is 14.1. The van der Waals surface area contributed by atoms with Crippen molar-refractivity contribution in [1.82, 2.24) is 3.97 Å². The Hall–Kier alpha value is -1.87. The number of nitrogens with zero attached hydrogens (tertiary/aromatic N) is 1. The molecule has 0 aliphatic rings. The number of benzene rings is 2. The molecule has 2 aromatic carbocycles. The summed E-state index contributed by atoms with van der Waals surface area (Å²) in [5.74, 6) is -1.08. The average molecular weight is 427 g/mol. The molecule has 0 amide bonds. The van der Waals surface area contributed by atoms with Gasteiger partial charge in [0.2, 0.25) is 0 Å². The first-order valence-electron chi connectivity index (χ1n) is 6.26. The van der Waals surface area contributed by atoms with E-state index in [-0.39, 0.29) is 10.5 Å². The molecule has 1 heterocycles. The Labute approximate surface area is 140 Å². The zero-order chi connectivity index (χ0) is 15.9. The van der Waals surface area contributed by atoms with Gasteiger partial charge in [0.15, 0.2) is 0 Å². The van der Waals surface area contributed by atoms with E-state index >= 15 is 0 Å². The van der Waals surface area contributed by atoms with Gasteiger partial charge in [0, 0.05) is 15.2 Å². The molecule has 5 nitrogen and oxygen atoms in total. The van der Waals surface area contributed by atoms with Crippen molar-refractivity contribution in [3.8, 4) is 0 Å². The second kappa shape index (κ2) is 5.40. The molecule has 0 aliphatic heterocycles. The quantitative estimate of drug-likeness (QED) is 0.652. The second-order valence-electron chi connectivity index (χ2n) is 4.60. The number of halogens is 1. The molecule has 7 heteroatoms. The molecule has 0 spiro atoms. The molecule has 1 aromatic heterocycles. The van der Waals surface area contributed by atoms with Crippen molar-refractivity contribution >= 4 is 49.5 Å². The average Bonchev–Trinajstić information content (AvgIpc) is 2.86. The van der Waals surface area contributed by atoms with Crippen LogP contribution in [0.2, 0.25) is 0 Å². The molecule has 0 fully saturated rings. The minimum Gasteiger partial charge on any atom is -0.478 e. The maximum atomic E-state index is 12.8. The van der Waals surface area contributed by atoms with Crippen molar-refractivity contribution in [1.29, 1.82) is 0 Å². The zero-order valence-electron chi connectivity index (χ0n) is 11.1. The zero-order valence-corrected chi connectivity index (χ0v) is 14.1. The molecule has 1 N–H and O–H groups in total. The highest BCUT2D eigenvalue weighted by Crippen LogP contribution is 2.29. The van der Waals surface area contributed by atoms with Crippen LogP contribution in [0.25, 0.3) is 10.9 Å². The molecular weight excluding hydrogens is 417 g/mol. The largest absolute Gasteiger partial charge is 0.478 e. The van der Waals surface area contributed by atoms with E-state index in [2.05, 4.69) is 0 Å². The molecule has 0 saturated carbocycles. The maximum absolute atomic E-state index is 12.8. The fourth-order valence-electron chi connectivity index (χ4n) is 2.29. The first-order valence-corrected chi connectivity index (χ1v) is 8.78. The number of carbonyl (C=O) groups is 1. The Morgan fingerprint density at radius 1 is 1.05 bits per heavy atom. The summed E-state index contributed by atoms with van der Waals surface area (Å²) in [4.78, 5) is 11.5. The summed E-state index contributed by atoms with van der Waals surface area (Å²) in [5, 5.41) is 9.70. The van der Waals surface area contributed by atoms with Crippen molar-refractivity contribution in [3.63, 3.8) is 0 Å². The van der Waals surface area contributed by atoms with Gasteiger partial charge in [0.05, 0.1) is 16.0 Å². The molecule has 0 bridgehead atoms. The Morgan fingerprint density at radius 2 is 1.73 bits per heavy atom. The lowest BCUT2D eigenvalue weighted by Gasteiger charge is -2.07. The smallest absolute Gasteiger partial charge is 0.336 e. The lowest BCUT2D eigenvalue weighted by atomic mass is 10.1. The molecule has 22 heavy (non-hydrogen) atoms. The third-order valence-electron chi connectivity index (χ3n) is 3.28. The molecule has 0 aliphatic carbocycles. The van der Waals surface area contributed by atoms with E-state index in [4.69, 9.17) is 0 Å². The Bertz CT molecular complexity index is 977. The Kier molecular flexibility index (Phi) is 3.69. The van der Waals surface area contributed by atoms with Crippen molar-refractivity contribution in [3.05, 3.63) is 63.9 Å². The van der Waals surface area contributed by atoms with Crippen LogP contribution in [-0.2, 0) is 10.0 Å². The van der Waals surface area contributed by atoms with Gasteiger partial charge >= 0.3 is 5.97 Å². The van der Waals surface area contributed by atoms with Gasteiger partial charge in [-0.3, -0.25) is 0 Å². The SMILES string of the molecule is O=C(O)c1cccc2c1c(I)cn2S(=O)(=O)c1ccccc1. The summed E-state index contributed by atoms with van der Waals surface area (Å²) in [6, 6.07) is 12.7. The first kappa shape index (κ1) is 15.0. The van der Waals surface area contributed by atoms with Crippen LogP contribution in [-0.4, -0.2) is 23.5 Å². The second-order valence-corrected chi connectivity index (χ2v) is 7.57. The fraction of sp³-hybridized carbons (Fsp3) is 0. The Morgan fingerprint density at radius 3 is 2.36 bits per heavy atom. The number of hydrogen-bond acceptors (Lipinski definition) is 3. The summed E-state index contributed by atoms with van der Waals surface area (Å²) < 4.78 is 27.2. The van der Waals surface area contributed by atoms with Crippen LogP contribution < -0.4 is 0 Å². The van der Waals surface area contributed by atoms with E-state index < -0.39 is 16.0 Å². The van der Waals surface area contributed by atoms with Crippen molar-refractivity contribution in [2.45, 2.75) is 4.90 Å². The lowest BCUT2D eigenvalue weighted by Crippen LogP contribution is -2.11. The van der Waals surface area contributed by atoms with E-state index in [0.29, 0.717) is 14.5 Å². The predicted octanol–water partition coefficient (Wildman–Crippen LogP) is 3.18. The number of hydrogen-bond donors (Lipinski definition) is 1. The van der Waals surface area contributed by atoms with Crippen molar-refractivity contribution < 1.29 is 18.3 Å². The van der Waals surface area contributed by atoms with Gasteiger partial charge in [-0.25, -0.2) is 17.2 Å². The molecule has 3 aromatic rings. The molecule has 0 unspecified atom stereocenters. The Balaban J connectivity index is 2.35. The molecule has 112 valence electrons. The van der Waals surface area contributed by atoms with Crippen LogP contribution in [0.4, 0.5) is 0 Å². The third kappa shape index (κ3) is 2.30. The van der Waals surface area contributed by atoms with E-state index in [1.165, 1.54) is 24.4 Å². The molecule has 0 atom stereocenters. The summed E-state index contributed by atoms with van der Waals surface area (Å²) in [6.45, 7) is 0. The summed E-state index contributed by atoms with van der Waals surface area (Å²) in [5.41, 5.74) is 0.442. The maximum Gasteiger partial charge on any atom is 0.336 e. The van der Waals surface area contributed by atoms with Gasteiger partial charge in [0.25, 0.3) is 10.0 Å². The number of aromatic nitrogens is 1. The van der Waals surface area contributed by atoms with Gasteiger partial charge < -0.3 is 5.11 Å². The van der Waals surface area contributed by atoms with Gasteiger partial charge in [-0.1, -0.05) is 24.3 Å². The van der Waals surface area contributed by atoms with Gasteiger partial charge in [0.1, 0.15) is 0 Å². The first-order chi connectivity index (χ1) is 10.4.